The number of rotatable bonds is 2. The zero-order valence-electron chi connectivity index (χ0n) is 29.4. The number of benzene rings is 9. The number of fused-ring (bicyclic) bond motifs is 18. The van der Waals surface area contributed by atoms with Crippen LogP contribution in [0.5, 0.6) is 0 Å². The van der Waals surface area contributed by atoms with Crippen LogP contribution in [0.1, 0.15) is 22.3 Å². The largest absolute Gasteiger partial charge is 0.292 e. The molecule has 0 aliphatic heterocycles. The molecule has 0 bridgehead atoms. The molecule has 2 aliphatic rings. The molecule has 2 aliphatic carbocycles. The molecule has 2 heteroatoms. The van der Waals surface area contributed by atoms with Crippen molar-refractivity contribution < 1.29 is 0 Å². The van der Waals surface area contributed by atoms with Crippen LogP contribution in [0.25, 0.3) is 83.0 Å². The second-order valence-corrected chi connectivity index (χ2v) is 14.6. The summed E-state index contributed by atoms with van der Waals surface area (Å²) < 4.78 is 2.32. The maximum Gasteiger partial charge on any atom is 0.145 e. The van der Waals surface area contributed by atoms with Gasteiger partial charge in [-0.2, -0.15) is 0 Å². The van der Waals surface area contributed by atoms with Gasteiger partial charge in [-0.1, -0.05) is 164 Å². The fraction of sp³-hybridized carbons (Fsp3) is 0.0192. The second kappa shape index (κ2) is 11.0. The van der Waals surface area contributed by atoms with E-state index in [-0.39, 0.29) is 0 Å². The molecule has 1 aromatic heterocycles. The fourth-order valence-corrected chi connectivity index (χ4v) is 9.96. The number of aromatic nitrogens is 2. The molecule has 0 amide bonds. The second-order valence-electron chi connectivity index (χ2n) is 14.6. The molecule has 1 spiro atoms. The van der Waals surface area contributed by atoms with Gasteiger partial charge in [0.05, 0.1) is 16.4 Å². The minimum absolute atomic E-state index is 0.639. The third kappa shape index (κ3) is 3.76. The van der Waals surface area contributed by atoms with Crippen molar-refractivity contribution in [3.63, 3.8) is 0 Å². The molecular formula is C52H32N2. The van der Waals surface area contributed by atoms with Crippen LogP contribution in [0.4, 0.5) is 0 Å². The first kappa shape index (κ1) is 29.5. The van der Waals surface area contributed by atoms with Gasteiger partial charge >= 0.3 is 0 Å². The molecule has 0 N–H and O–H groups in total. The molecule has 10 aromatic rings. The summed E-state index contributed by atoms with van der Waals surface area (Å²) in [7, 11) is 0. The molecule has 1 unspecified atom stereocenters. The summed E-state index contributed by atoms with van der Waals surface area (Å²) >= 11 is 0. The molecule has 0 radical (unpaired) electrons. The van der Waals surface area contributed by atoms with Crippen LogP contribution in [0.3, 0.4) is 0 Å². The normalized spacial score (nSPS) is 15.1. The SMILES string of the molecule is c1ccc(-n2c(-c3ccc4c(c3)C3(c5ccccc5-c5ccccc5-4)c4ccccc4-c4c3c3ccccc3c3ccccc43)nc3ccccc32)cc1. The fourth-order valence-electron chi connectivity index (χ4n) is 9.96. The topological polar surface area (TPSA) is 17.8 Å². The zero-order chi connectivity index (χ0) is 35.4. The standard InChI is InChI=1S/C52H32N2/c1-2-16-34(17-3-1)54-48-29-15-14-28-47(48)53-51(54)33-30-31-40-36-19-5-4-18-35(36)39-22-10-12-26-44(39)52(46(40)32-33)45-27-13-11-25-43(45)49-41-23-8-6-20-37(41)38-21-7-9-24-42(38)50(49)52/h1-32H. The average Bonchev–Trinajstić information content (AvgIpc) is 3.76. The Morgan fingerprint density at radius 2 is 0.926 bits per heavy atom. The number of hydrogen-bond donors (Lipinski definition) is 0. The Bertz CT molecular complexity index is 3170. The summed E-state index contributed by atoms with van der Waals surface area (Å²) in [5, 5.41) is 5.14. The molecule has 54 heavy (non-hydrogen) atoms. The maximum absolute atomic E-state index is 5.38. The lowest BCUT2D eigenvalue weighted by atomic mass is 9.64. The Kier molecular flexibility index (Phi) is 6.01. The van der Waals surface area contributed by atoms with Gasteiger partial charge in [-0.15, -0.1) is 0 Å². The molecule has 0 saturated heterocycles. The van der Waals surface area contributed by atoms with Gasteiger partial charge in [0, 0.05) is 11.3 Å². The number of hydrogen-bond acceptors (Lipinski definition) is 1. The van der Waals surface area contributed by atoms with E-state index in [1.165, 1.54) is 77.2 Å². The van der Waals surface area contributed by atoms with E-state index < -0.39 is 5.41 Å². The van der Waals surface area contributed by atoms with Crippen molar-refractivity contribution >= 4 is 32.6 Å². The van der Waals surface area contributed by atoms with Crippen molar-refractivity contribution in [1.29, 1.82) is 0 Å². The number of nitrogens with zero attached hydrogens (tertiary/aromatic N) is 2. The van der Waals surface area contributed by atoms with E-state index in [4.69, 9.17) is 4.98 Å². The average molecular weight is 685 g/mol. The summed E-state index contributed by atoms with van der Waals surface area (Å²) in [5.74, 6) is 0.932. The lowest BCUT2D eigenvalue weighted by Crippen LogP contribution is -2.29. The lowest BCUT2D eigenvalue weighted by molar-refractivity contribution is 0.783. The number of para-hydroxylation sites is 3. The number of imidazole rings is 1. The van der Waals surface area contributed by atoms with E-state index in [2.05, 4.69) is 199 Å². The Hall–Kier alpha value is -7.03. The molecule has 250 valence electrons. The smallest absolute Gasteiger partial charge is 0.145 e. The van der Waals surface area contributed by atoms with Crippen LogP contribution in [-0.2, 0) is 5.41 Å². The van der Waals surface area contributed by atoms with Gasteiger partial charge in [0.25, 0.3) is 0 Å². The highest BCUT2D eigenvalue weighted by atomic mass is 15.1. The van der Waals surface area contributed by atoms with Crippen molar-refractivity contribution in [2.24, 2.45) is 0 Å². The van der Waals surface area contributed by atoms with Crippen LogP contribution < -0.4 is 0 Å². The van der Waals surface area contributed by atoms with Gasteiger partial charge in [-0.05, 0) is 108 Å². The van der Waals surface area contributed by atoms with Crippen molar-refractivity contribution in [2.75, 3.05) is 0 Å². The Morgan fingerprint density at radius 1 is 0.389 bits per heavy atom. The summed E-state index contributed by atoms with van der Waals surface area (Å²) in [5.41, 5.74) is 16.5. The highest BCUT2D eigenvalue weighted by Crippen LogP contribution is 2.64. The van der Waals surface area contributed by atoms with Gasteiger partial charge < -0.3 is 0 Å². The van der Waals surface area contributed by atoms with E-state index in [1.54, 1.807) is 0 Å². The van der Waals surface area contributed by atoms with Crippen LogP contribution in [0.2, 0.25) is 0 Å². The first-order valence-corrected chi connectivity index (χ1v) is 18.7. The summed E-state index contributed by atoms with van der Waals surface area (Å²) in [4.78, 5) is 5.38. The molecule has 2 nitrogen and oxygen atoms in total. The van der Waals surface area contributed by atoms with E-state index in [1.807, 2.05) is 0 Å². The maximum atomic E-state index is 5.38. The minimum atomic E-state index is -0.639. The van der Waals surface area contributed by atoms with Gasteiger partial charge in [0.2, 0.25) is 0 Å². The minimum Gasteiger partial charge on any atom is -0.292 e. The van der Waals surface area contributed by atoms with Gasteiger partial charge in [0.1, 0.15) is 5.82 Å². The van der Waals surface area contributed by atoms with E-state index in [9.17, 15) is 0 Å². The molecule has 0 fully saturated rings. The quantitative estimate of drug-likeness (QED) is 0.166. The molecule has 0 saturated carbocycles. The predicted molar refractivity (Wildman–Crippen MR) is 223 cm³/mol. The lowest BCUT2D eigenvalue weighted by Gasteiger charge is -2.36. The summed E-state index contributed by atoms with van der Waals surface area (Å²) in [6, 6.07) is 71.7. The van der Waals surface area contributed by atoms with Crippen LogP contribution in [-0.4, -0.2) is 9.55 Å². The molecule has 1 atom stereocenters. The van der Waals surface area contributed by atoms with Gasteiger partial charge in [-0.3, -0.25) is 4.57 Å². The molecule has 1 heterocycles. The van der Waals surface area contributed by atoms with Gasteiger partial charge in [-0.25, -0.2) is 4.98 Å². The molecule has 9 aromatic carbocycles. The van der Waals surface area contributed by atoms with Crippen molar-refractivity contribution in [3.8, 4) is 50.5 Å². The monoisotopic (exact) mass is 684 g/mol. The first-order valence-electron chi connectivity index (χ1n) is 18.7. The highest BCUT2D eigenvalue weighted by Gasteiger charge is 2.51. The van der Waals surface area contributed by atoms with Crippen molar-refractivity contribution in [3.05, 3.63) is 216 Å². The van der Waals surface area contributed by atoms with Gasteiger partial charge in [0.15, 0.2) is 0 Å². The third-order valence-corrected chi connectivity index (χ3v) is 12.0. The Balaban J connectivity index is 1.31. The Labute approximate surface area is 313 Å². The zero-order valence-corrected chi connectivity index (χ0v) is 29.4. The first-order chi connectivity index (χ1) is 26.8. The third-order valence-electron chi connectivity index (χ3n) is 12.0. The van der Waals surface area contributed by atoms with Crippen molar-refractivity contribution in [1.82, 2.24) is 9.55 Å². The Morgan fingerprint density at radius 3 is 1.69 bits per heavy atom. The van der Waals surface area contributed by atoms with Crippen LogP contribution in [0, 0.1) is 0 Å². The summed E-state index contributed by atoms with van der Waals surface area (Å²) in [6.45, 7) is 0. The summed E-state index contributed by atoms with van der Waals surface area (Å²) in [6.07, 6.45) is 0. The van der Waals surface area contributed by atoms with E-state index in [0.29, 0.717) is 0 Å². The highest BCUT2D eigenvalue weighted by molar-refractivity contribution is 6.19. The van der Waals surface area contributed by atoms with Crippen LogP contribution in [0.15, 0.2) is 194 Å². The van der Waals surface area contributed by atoms with E-state index >= 15 is 0 Å². The predicted octanol–water partition coefficient (Wildman–Crippen LogP) is 13.0. The molecular weight excluding hydrogens is 653 g/mol. The van der Waals surface area contributed by atoms with E-state index in [0.717, 1.165) is 28.1 Å². The van der Waals surface area contributed by atoms with Crippen LogP contribution >= 0.6 is 0 Å². The van der Waals surface area contributed by atoms with Crippen molar-refractivity contribution in [2.45, 2.75) is 5.41 Å². The molecule has 12 rings (SSSR count).